The van der Waals surface area contributed by atoms with Crippen LogP contribution in [0.4, 0.5) is 0 Å². The molecule has 0 fully saturated rings. The molecule has 0 atom stereocenters. The summed E-state index contributed by atoms with van der Waals surface area (Å²) < 4.78 is 10.5. The molecule has 0 heterocycles. The predicted molar refractivity (Wildman–Crippen MR) is 74.2 cm³/mol. The van der Waals surface area contributed by atoms with E-state index in [-0.39, 0.29) is 0 Å². The number of hydrogen-bond acceptors (Lipinski definition) is 2. The molecule has 0 aliphatic carbocycles. The van der Waals surface area contributed by atoms with Crippen LogP contribution in [0.15, 0.2) is 0 Å². The highest BCUT2D eigenvalue weighted by Crippen LogP contribution is 2.07. The molecule has 2 heteroatoms. The van der Waals surface area contributed by atoms with Gasteiger partial charge in [-0.15, -0.1) is 0 Å². The van der Waals surface area contributed by atoms with Crippen molar-refractivity contribution in [1.29, 1.82) is 0 Å². The van der Waals surface area contributed by atoms with Crippen LogP contribution in [0.1, 0.15) is 64.7 Å². The Morgan fingerprint density at radius 1 is 0.765 bits per heavy atom. The van der Waals surface area contributed by atoms with Gasteiger partial charge in [-0.1, -0.05) is 45.4 Å². The molecular weight excluding hydrogens is 212 g/mol. The lowest BCUT2D eigenvalue weighted by molar-refractivity contribution is 0.127. The van der Waals surface area contributed by atoms with Gasteiger partial charge in [-0.3, -0.25) is 0 Å². The first-order valence-corrected chi connectivity index (χ1v) is 7.30. The third-order valence-corrected chi connectivity index (χ3v) is 2.85. The fraction of sp³-hybridized carbons (Fsp3) is 0.933. The van der Waals surface area contributed by atoms with Gasteiger partial charge in [0.05, 0.1) is 0 Å². The minimum absolute atomic E-state index is 0.912. The van der Waals surface area contributed by atoms with Gasteiger partial charge in [0.2, 0.25) is 0 Å². The molecule has 0 bridgehead atoms. The summed E-state index contributed by atoms with van der Waals surface area (Å²) in [6.07, 6.45) is 13.7. The first-order valence-electron chi connectivity index (χ1n) is 7.30. The molecule has 103 valence electrons. The Labute approximate surface area is 108 Å². The zero-order valence-corrected chi connectivity index (χ0v) is 11.9. The lowest BCUT2D eigenvalue weighted by Gasteiger charge is -2.03. The largest absolute Gasteiger partial charge is 0.385 e. The number of methoxy groups -OCH3 is 1. The summed E-state index contributed by atoms with van der Waals surface area (Å²) in [7, 11) is 1.77. The summed E-state index contributed by atoms with van der Waals surface area (Å²) in [5.41, 5.74) is 0. The Hall–Kier alpha value is -0.0800. The Morgan fingerprint density at radius 2 is 1.41 bits per heavy atom. The minimum atomic E-state index is 0.912. The van der Waals surface area contributed by atoms with Crippen LogP contribution in [0.5, 0.6) is 0 Å². The summed E-state index contributed by atoms with van der Waals surface area (Å²) in [6, 6.07) is 0. The van der Waals surface area contributed by atoms with E-state index in [9.17, 15) is 0 Å². The highest BCUT2D eigenvalue weighted by atomic mass is 16.5. The van der Waals surface area contributed by atoms with Gasteiger partial charge < -0.3 is 9.47 Å². The van der Waals surface area contributed by atoms with Crippen molar-refractivity contribution in [3.05, 3.63) is 6.42 Å². The Bertz CT molecular complexity index is 112. The van der Waals surface area contributed by atoms with E-state index in [0.29, 0.717) is 0 Å². The van der Waals surface area contributed by atoms with Gasteiger partial charge in [-0.25, -0.2) is 0 Å². The summed E-state index contributed by atoms with van der Waals surface area (Å²) in [5.74, 6) is 0. The molecule has 0 amide bonds. The van der Waals surface area contributed by atoms with Crippen molar-refractivity contribution in [3.63, 3.8) is 0 Å². The zero-order chi connectivity index (χ0) is 12.6. The second kappa shape index (κ2) is 15.9. The second-order valence-electron chi connectivity index (χ2n) is 4.59. The standard InChI is InChI=1S/C15H31O2/c1-3-4-14-17-15-12-10-8-6-5-7-9-11-13-16-2/h6H,3-5,7-15H2,1-2H3. The van der Waals surface area contributed by atoms with E-state index in [1.54, 1.807) is 7.11 Å². The van der Waals surface area contributed by atoms with Crippen molar-refractivity contribution in [3.8, 4) is 0 Å². The molecule has 0 N–H and O–H groups in total. The maximum absolute atomic E-state index is 5.52. The van der Waals surface area contributed by atoms with Crippen molar-refractivity contribution in [1.82, 2.24) is 0 Å². The number of hydrogen-bond donors (Lipinski definition) is 0. The van der Waals surface area contributed by atoms with Crippen LogP contribution in [0.25, 0.3) is 0 Å². The van der Waals surface area contributed by atoms with Crippen LogP contribution in [0.3, 0.4) is 0 Å². The molecule has 0 aromatic carbocycles. The van der Waals surface area contributed by atoms with Crippen LogP contribution in [-0.4, -0.2) is 26.9 Å². The van der Waals surface area contributed by atoms with Crippen LogP contribution >= 0.6 is 0 Å². The maximum Gasteiger partial charge on any atom is 0.0466 e. The quantitative estimate of drug-likeness (QED) is 0.421. The normalized spacial score (nSPS) is 10.9. The van der Waals surface area contributed by atoms with Crippen molar-refractivity contribution < 1.29 is 9.47 Å². The highest BCUT2D eigenvalue weighted by molar-refractivity contribution is 4.64. The van der Waals surface area contributed by atoms with Crippen LogP contribution < -0.4 is 0 Å². The third kappa shape index (κ3) is 15.9. The first kappa shape index (κ1) is 16.9. The molecule has 0 aromatic rings. The third-order valence-electron chi connectivity index (χ3n) is 2.85. The summed E-state index contributed by atoms with van der Waals surface area (Å²) in [4.78, 5) is 0. The molecule has 0 unspecified atom stereocenters. The summed E-state index contributed by atoms with van der Waals surface area (Å²) >= 11 is 0. The van der Waals surface area contributed by atoms with Gasteiger partial charge in [0.25, 0.3) is 0 Å². The van der Waals surface area contributed by atoms with Crippen molar-refractivity contribution in [2.45, 2.75) is 64.7 Å². The van der Waals surface area contributed by atoms with Crippen molar-refractivity contribution in [2.24, 2.45) is 0 Å². The minimum Gasteiger partial charge on any atom is -0.385 e. The summed E-state index contributed by atoms with van der Waals surface area (Å²) in [6.45, 7) is 5.00. The number of rotatable bonds is 14. The van der Waals surface area contributed by atoms with E-state index in [4.69, 9.17) is 9.47 Å². The van der Waals surface area contributed by atoms with Gasteiger partial charge in [0.1, 0.15) is 0 Å². The van der Waals surface area contributed by atoms with Gasteiger partial charge in [-0.2, -0.15) is 0 Å². The summed E-state index contributed by atoms with van der Waals surface area (Å²) in [5, 5.41) is 0. The zero-order valence-electron chi connectivity index (χ0n) is 11.9. The number of unbranched alkanes of at least 4 members (excludes halogenated alkanes) is 8. The number of ether oxygens (including phenoxy) is 2. The van der Waals surface area contributed by atoms with E-state index >= 15 is 0 Å². The van der Waals surface area contributed by atoms with Gasteiger partial charge in [0.15, 0.2) is 0 Å². The molecule has 0 aliphatic heterocycles. The average molecular weight is 243 g/mol. The van der Waals surface area contributed by atoms with Gasteiger partial charge >= 0.3 is 0 Å². The van der Waals surface area contributed by atoms with Crippen LogP contribution in [0, 0.1) is 6.42 Å². The molecule has 0 aromatic heterocycles. The van der Waals surface area contributed by atoms with Crippen LogP contribution in [0.2, 0.25) is 0 Å². The molecule has 2 nitrogen and oxygen atoms in total. The average Bonchev–Trinajstić information content (AvgIpc) is 2.35. The van der Waals surface area contributed by atoms with Gasteiger partial charge in [0, 0.05) is 26.9 Å². The molecule has 1 radical (unpaired) electrons. The maximum atomic E-state index is 5.52. The molecule has 0 spiro atoms. The molecule has 0 aliphatic rings. The molecular formula is C15H31O2. The highest BCUT2D eigenvalue weighted by Gasteiger charge is 1.93. The van der Waals surface area contributed by atoms with E-state index in [2.05, 4.69) is 13.3 Å². The fourth-order valence-corrected chi connectivity index (χ4v) is 1.70. The van der Waals surface area contributed by atoms with Crippen LogP contribution in [-0.2, 0) is 9.47 Å². The first-order chi connectivity index (χ1) is 8.41. The van der Waals surface area contributed by atoms with E-state index in [0.717, 1.165) is 19.8 Å². The van der Waals surface area contributed by atoms with Gasteiger partial charge in [-0.05, 0) is 25.7 Å². The Balaban J connectivity index is 2.85. The fourth-order valence-electron chi connectivity index (χ4n) is 1.70. The molecule has 17 heavy (non-hydrogen) atoms. The molecule has 0 rings (SSSR count). The van der Waals surface area contributed by atoms with E-state index < -0.39 is 0 Å². The topological polar surface area (TPSA) is 18.5 Å². The Kier molecular flexibility index (Phi) is 15.8. The van der Waals surface area contributed by atoms with E-state index in [1.165, 1.54) is 57.8 Å². The SMILES string of the molecule is CCCCOCCCC[CH]CCCCCOC. The smallest absolute Gasteiger partial charge is 0.0466 e. The van der Waals surface area contributed by atoms with Crippen molar-refractivity contribution >= 4 is 0 Å². The molecule has 0 saturated heterocycles. The molecule has 0 saturated carbocycles. The lowest BCUT2D eigenvalue weighted by atomic mass is 10.1. The monoisotopic (exact) mass is 243 g/mol. The Morgan fingerprint density at radius 3 is 2.12 bits per heavy atom. The van der Waals surface area contributed by atoms with Crippen molar-refractivity contribution in [2.75, 3.05) is 26.9 Å². The predicted octanol–water partition coefficient (Wildman–Crippen LogP) is 4.38. The van der Waals surface area contributed by atoms with E-state index in [1.807, 2.05) is 0 Å². The second-order valence-corrected chi connectivity index (χ2v) is 4.59. The lowest BCUT2D eigenvalue weighted by Crippen LogP contribution is -1.96.